The summed E-state index contributed by atoms with van der Waals surface area (Å²) in [5.74, 6) is -3.71. The molecular weight excluding hydrogens is 658 g/mol. The van der Waals surface area contributed by atoms with E-state index in [-0.39, 0.29) is 44.9 Å². The normalized spacial score (nSPS) is 16.5. The van der Waals surface area contributed by atoms with Crippen molar-refractivity contribution >= 4 is 29.0 Å². The quantitative estimate of drug-likeness (QED) is 0.0765. The molecule has 0 saturated carbocycles. The number of nitrogens with zero attached hydrogens (tertiary/aromatic N) is 3. The van der Waals surface area contributed by atoms with Crippen LogP contribution >= 0.6 is 0 Å². The number of methoxy groups -OCH3 is 2. The number of ether oxygens (including phenoxy) is 3. The van der Waals surface area contributed by atoms with Crippen molar-refractivity contribution < 1.29 is 33.4 Å². The highest BCUT2D eigenvalue weighted by Gasteiger charge is 2.50. The maximum absolute atomic E-state index is 15.1. The summed E-state index contributed by atoms with van der Waals surface area (Å²) < 4.78 is 17.3. The van der Waals surface area contributed by atoms with Gasteiger partial charge in [-0.05, 0) is 86.9 Å². The standard InChI is InChI=1S/C42H47N3O7/c1-9-44(10-2)42(45(11-3)12-4)25-31(39(47)29-17-13-15-19-32(29)50-7)35-34(26-42)52-41(49)37(40(48)30-18-14-16-20-33(30)51-8)36(35)38(46)27-21-23-28(24-22-27)43(5)6/h13-26,37H,9-12H2,1-8H3. The monoisotopic (exact) mass is 705 g/mol. The third kappa shape index (κ3) is 6.71. The number of esters is 1. The number of hydrogen-bond donors (Lipinski definition) is 0. The number of fused-ring (bicyclic) bond motifs is 1. The molecular formula is C42H47N3O7. The van der Waals surface area contributed by atoms with Gasteiger partial charge >= 0.3 is 5.97 Å². The number of Topliss-reactive ketones (excluding diaryl/α,β-unsaturated/α-hetero) is 3. The molecule has 2 aliphatic rings. The van der Waals surface area contributed by atoms with Crippen LogP contribution in [-0.4, -0.2) is 93.3 Å². The maximum atomic E-state index is 15.1. The highest BCUT2D eigenvalue weighted by molar-refractivity contribution is 6.25. The molecule has 0 saturated heterocycles. The molecule has 1 heterocycles. The summed E-state index contributed by atoms with van der Waals surface area (Å²) in [5, 5.41) is 0. The van der Waals surface area contributed by atoms with E-state index < -0.39 is 34.9 Å². The third-order valence-corrected chi connectivity index (χ3v) is 9.88. The lowest BCUT2D eigenvalue weighted by atomic mass is 9.74. The molecule has 0 bridgehead atoms. The lowest BCUT2D eigenvalue weighted by molar-refractivity contribution is -0.142. The Morgan fingerprint density at radius 3 is 1.75 bits per heavy atom. The molecule has 0 aromatic heterocycles. The fourth-order valence-corrected chi connectivity index (χ4v) is 7.25. The molecule has 1 aliphatic heterocycles. The van der Waals surface area contributed by atoms with Crippen LogP contribution in [0, 0.1) is 5.92 Å². The van der Waals surface area contributed by atoms with Crippen LogP contribution in [-0.2, 0) is 9.53 Å². The number of carbonyl (C=O) groups is 4. The molecule has 1 unspecified atom stereocenters. The minimum absolute atomic E-state index is 0.0434. The van der Waals surface area contributed by atoms with Gasteiger partial charge in [0.25, 0.3) is 0 Å². The molecule has 52 heavy (non-hydrogen) atoms. The van der Waals surface area contributed by atoms with Gasteiger partial charge < -0.3 is 19.1 Å². The second-order valence-electron chi connectivity index (χ2n) is 12.7. The van der Waals surface area contributed by atoms with E-state index in [9.17, 15) is 14.4 Å². The lowest BCUT2D eigenvalue weighted by Crippen LogP contribution is -2.60. The summed E-state index contributed by atoms with van der Waals surface area (Å²) >= 11 is 0. The van der Waals surface area contributed by atoms with Gasteiger partial charge in [-0.1, -0.05) is 52.0 Å². The van der Waals surface area contributed by atoms with Crippen molar-refractivity contribution in [3.05, 3.63) is 124 Å². The number of para-hydroxylation sites is 2. The summed E-state index contributed by atoms with van der Waals surface area (Å²) in [4.78, 5) is 65.2. The van der Waals surface area contributed by atoms with Crippen molar-refractivity contribution in [1.82, 2.24) is 9.80 Å². The van der Waals surface area contributed by atoms with Gasteiger partial charge in [-0.3, -0.25) is 29.0 Å². The second-order valence-corrected chi connectivity index (χ2v) is 12.7. The van der Waals surface area contributed by atoms with E-state index >= 15 is 4.79 Å². The van der Waals surface area contributed by atoms with E-state index in [1.165, 1.54) is 14.2 Å². The molecule has 0 fully saturated rings. The van der Waals surface area contributed by atoms with Crippen LogP contribution in [0.1, 0.15) is 58.8 Å². The molecule has 3 aromatic carbocycles. The van der Waals surface area contributed by atoms with Crippen LogP contribution in [0.25, 0.3) is 0 Å². The molecule has 0 amide bonds. The van der Waals surface area contributed by atoms with Gasteiger partial charge in [0.05, 0.1) is 25.3 Å². The summed E-state index contributed by atoms with van der Waals surface area (Å²) in [6.45, 7) is 10.5. The molecule has 10 heteroatoms. The minimum Gasteiger partial charge on any atom is -0.496 e. The summed E-state index contributed by atoms with van der Waals surface area (Å²) in [6, 6.07) is 20.3. The van der Waals surface area contributed by atoms with Gasteiger partial charge in [-0.15, -0.1) is 0 Å². The Hall–Kier alpha value is -5.32. The first-order chi connectivity index (χ1) is 25.0. The van der Waals surface area contributed by atoms with Gasteiger partial charge in [0.2, 0.25) is 0 Å². The maximum Gasteiger partial charge on any atom is 0.326 e. The Labute approximate surface area is 305 Å². The first-order valence-corrected chi connectivity index (χ1v) is 17.6. The Balaban J connectivity index is 1.92. The van der Waals surface area contributed by atoms with Crippen molar-refractivity contribution in [2.24, 2.45) is 5.92 Å². The zero-order chi connectivity index (χ0) is 37.7. The van der Waals surface area contributed by atoms with E-state index in [4.69, 9.17) is 14.2 Å². The van der Waals surface area contributed by atoms with E-state index in [1.807, 2.05) is 58.8 Å². The summed E-state index contributed by atoms with van der Waals surface area (Å²) in [7, 11) is 6.69. The first kappa shape index (κ1) is 37.9. The average Bonchev–Trinajstić information content (AvgIpc) is 3.17. The molecule has 0 radical (unpaired) electrons. The number of ketones is 3. The number of carbonyl (C=O) groups excluding carboxylic acids is 4. The summed E-state index contributed by atoms with van der Waals surface area (Å²) in [6.07, 6.45) is 3.66. The van der Waals surface area contributed by atoms with E-state index in [2.05, 4.69) is 9.80 Å². The predicted molar refractivity (Wildman–Crippen MR) is 201 cm³/mol. The van der Waals surface area contributed by atoms with Gasteiger partial charge in [0.15, 0.2) is 17.3 Å². The molecule has 10 nitrogen and oxygen atoms in total. The first-order valence-electron chi connectivity index (χ1n) is 17.6. The number of hydrogen-bond acceptors (Lipinski definition) is 10. The predicted octanol–water partition coefficient (Wildman–Crippen LogP) is 6.39. The SMILES string of the molecule is CCN(CC)C1(N(CC)CC)C=C2OC(=O)C(C(=O)c3ccccc3OC)C(C(=O)c3ccc(N(C)C)cc3)=C2C(C(=O)c2ccccc2OC)=C1. The molecule has 1 atom stereocenters. The highest BCUT2D eigenvalue weighted by Crippen LogP contribution is 2.46. The Kier molecular flexibility index (Phi) is 11.6. The summed E-state index contributed by atoms with van der Waals surface area (Å²) in [5.41, 5.74) is 0.509. The van der Waals surface area contributed by atoms with E-state index in [0.717, 1.165) is 5.69 Å². The van der Waals surface area contributed by atoms with Crippen LogP contribution in [0.5, 0.6) is 11.5 Å². The number of allylic oxidation sites excluding steroid dienone is 1. The van der Waals surface area contributed by atoms with Crippen LogP contribution in [0.2, 0.25) is 0 Å². The van der Waals surface area contributed by atoms with Crippen molar-refractivity contribution in [2.75, 3.05) is 59.4 Å². The van der Waals surface area contributed by atoms with E-state index in [0.29, 0.717) is 31.9 Å². The topological polar surface area (TPSA) is 106 Å². The number of benzene rings is 3. The molecule has 272 valence electrons. The van der Waals surface area contributed by atoms with Gasteiger partial charge in [0, 0.05) is 42.1 Å². The molecule has 0 N–H and O–H groups in total. The third-order valence-electron chi connectivity index (χ3n) is 9.88. The Morgan fingerprint density at radius 2 is 1.23 bits per heavy atom. The van der Waals surface area contributed by atoms with Crippen LogP contribution in [0.15, 0.2) is 107 Å². The molecule has 1 aliphatic carbocycles. The second kappa shape index (κ2) is 15.9. The van der Waals surface area contributed by atoms with Gasteiger partial charge in [-0.25, -0.2) is 0 Å². The highest BCUT2D eigenvalue weighted by atomic mass is 16.5. The fraction of sp³-hybridized carbons (Fsp3) is 0.333. The average molecular weight is 706 g/mol. The van der Waals surface area contributed by atoms with Crippen molar-refractivity contribution in [3.8, 4) is 11.5 Å². The van der Waals surface area contributed by atoms with Crippen molar-refractivity contribution in [2.45, 2.75) is 33.4 Å². The van der Waals surface area contributed by atoms with Gasteiger partial charge in [-0.2, -0.15) is 0 Å². The molecule has 5 rings (SSSR count). The zero-order valence-corrected chi connectivity index (χ0v) is 31.2. The lowest BCUT2D eigenvalue weighted by Gasteiger charge is -2.49. The van der Waals surface area contributed by atoms with Crippen molar-refractivity contribution in [3.63, 3.8) is 0 Å². The Bertz CT molecular complexity index is 1940. The van der Waals surface area contributed by atoms with Crippen molar-refractivity contribution in [1.29, 1.82) is 0 Å². The Morgan fingerprint density at radius 1 is 0.712 bits per heavy atom. The zero-order valence-electron chi connectivity index (χ0n) is 31.2. The van der Waals surface area contributed by atoms with E-state index in [1.54, 1.807) is 72.8 Å². The fourth-order valence-electron chi connectivity index (χ4n) is 7.25. The van der Waals surface area contributed by atoms with Crippen LogP contribution in [0.4, 0.5) is 5.69 Å². The number of likely N-dealkylation sites (N-methyl/N-ethyl adjacent to an activating group) is 2. The van der Waals surface area contributed by atoms with Crippen LogP contribution < -0.4 is 14.4 Å². The number of rotatable bonds is 15. The van der Waals surface area contributed by atoms with Gasteiger partial charge in [0.1, 0.15) is 28.8 Å². The molecule has 0 spiro atoms. The van der Waals surface area contributed by atoms with Crippen LogP contribution in [0.3, 0.4) is 0 Å². The smallest absolute Gasteiger partial charge is 0.326 e. The number of anilines is 1. The minimum atomic E-state index is -1.70. The largest absolute Gasteiger partial charge is 0.496 e. The molecule has 3 aromatic rings.